The molecule has 1 N–H and O–H groups in total. The number of nitrogens with zero attached hydrogens (tertiary/aromatic N) is 2. The van der Waals surface area contributed by atoms with Crippen LogP contribution in [0.15, 0.2) is 24.3 Å². The van der Waals surface area contributed by atoms with Gasteiger partial charge in [0.15, 0.2) is 0 Å². The highest BCUT2D eigenvalue weighted by molar-refractivity contribution is 8.02. The van der Waals surface area contributed by atoms with Crippen molar-refractivity contribution in [2.45, 2.75) is 61.6 Å². The summed E-state index contributed by atoms with van der Waals surface area (Å²) in [5, 5.41) is 9.83. The smallest absolute Gasteiger partial charge is 0.311 e. The molecule has 4 heterocycles. The van der Waals surface area contributed by atoms with Crippen LogP contribution in [0.3, 0.4) is 0 Å². The normalized spacial score (nSPS) is 35.8. The highest BCUT2D eigenvalue weighted by Gasteiger charge is 2.71. The molecule has 6 atom stereocenters. The molecule has 2 amide bonds. The second kappa shape index (κ2) is 8.98. The van der Waals surface area contributed by atoms with Crippen molar-refractivity contribution < 1.29 is 24.2 Å². The van der Waals surface area contributed by atoms with Crippen LogP contribution in [0, 0.1) is 11.8 Å². The fourth-order valence-corrected chi connectivity index (χ4v) is 7.44. The molecular weight excluding hydrogens is 416 g/mol. The molecule has 1 unspecified atom stereocenters. The lowest BCUT2D eigenvalue weighted by molar-refractivity contribution is -0.153. The van der Waals surface area contributed by atoms with Crippen LogP contribution in [0.25, 0.3) is 0 Å². The zero-order valence-electron chi connectivity index (χ0n) is 18.2. The molecule has 0 aliphatic carbocycles. The molecule has 170 valence electrons. The first-order chi connectivity index (χ1) is 15.0. The van der Waals surface area contributed by atoms with E-state index in [1.165, 1.54) is 0 Å². The van der Waals surface area contributed by atoms with Gasteiger partial charge in [-0.3, -0.25) is 14.4 Å². The predicted molar refractivity (Wildman–Crippen MR) is 118 cm³/mol. The Bertz CT molecular complexity index is 795. The summed E-state index contributed by atoms with van der Waals surface area (Å²) in [5.41, 5.74) is 0. The van der Waals surface area contributed by atoms with Gasteiger partial charge in [-0.2, -0.15) is 0 Å². The molecule has 31 heavy (non-hydrogen) atoms. The van der Waals surface area contributed by atoms with Crippen LogP contribution in [0.1, 0.15) is 39.5 Å². The summed E-state index contributed by atoms with van der Waals surface area (Å²) in [6, 6.07) is -1.18. The molecule has 1 spiro atoms. The molecular formula is C23H32N2O5S. The number of likely N-dealkylation sites (tertiary alicyclic amines) is 1. The molecule has 7 nitrogen and oxygen atoms in total. The average Bonchev–Trinajstić information content (AvgIpc) is 3.13. The lowest BCUT2D eigenvalue weighted by atomic mass is 9.78. The van der Waals surface area contributed by atoms with Crippen molar-refractivity contribution in [2.24, 2.45) is 11.8 Å². The molecule has 2 saturated heterocycles. The van der Waals surface area contributed by atoms with Crippen LogP contribution < -0.4 is 0 Å². The molecule has 0 radical (unpaired) electrons. The Hall–Kier alpha value is -1.80. The molecule has 0 aromatic heterocycles. The van der Waals surface area contributed by atoms with Gasteiger partial charge >= 0.3 is 5.97 Å². The Morgan fingerprint density at radius 3 is 2.77 bits per heavy atom. The standard InChI is InChI=1S/C23H32N2O5S/c1-3-5-11-24-12-8-10-23-18(17-16(31-23)9-6-7-13-30-22(17)29)20(27)25(15(4-2)14-26)19(23)21(24)28/h6,8-10,15-19,26H,3-5,7,11-14H2,1-2H3/t15-,16-,17+,18-,19?,23-/m0/s1. The number of aliphatic hydroxyl groups excluding tert-OH is 1. The topological polar surface area (TPSA) is 87.2 Å². The SMILES string of the molecule is CCCCN1CC=C[C@]23S[C@H]4C=CCCOC(=O)[C@H]4[C@H]2C(=O)N([C@@H](CC)CO)C3C1=O. The summed E-state index contributed by atoms with van der Waals surface area (Å²) in [7, 11) is 0. The fourth-order valence-electron chi connectivity index (χ4n) is 5.45. The first-order valence-corrected chi connectivity index (χ1v) is 12.3. The third-order valence-electron chi connectivity index (χ3n) is 7.00. The number of rotatable bonds is 6. The number of thioether (sulfide) groups is 1. The minimum absolute atomic E-state index is 0.0830. The minimum Gasteiger partial charge on any atom is -0.465 e. The number of esters is 1. The highest BCUT2D eigenvalue weighted by Crippen LogP contribution is 2.61. The van der Waals surface area contributed by atoms with Crippen molar-refractivity contribution in [1.29, 1.82) is 0 Å². The van der Waals surface area contributed by atoms with Gasteiger partial charge in [0.1, 0.15) is 6.04 Å². The van der Waals surface area contributed by atoms with Gasteiger partial charge in [-0.15, -0.1) is 11.8 Å². The number of fused-ring (bicyclic) bond motifs is 2. The lowest BCUT2D eigenvalue weighted by Crippen LogP contribution is -2.56. The van der Waals surface area contributed by atoms with E-state index in [2.05, 4.69) is 6.92 Å². The highest BCUT2D eigenvalue weighted by atomic mass is 32.2. The van der Waals surface area contributed by atoms with E-state index in [4.69, 9.17) is 4.74 Å². The van der Waals surface area contributed by atoms with E-state index >= 15 is 0 Å². The van der Waals surface area contributed by atoms with Crippen LogP contribution in [-0.4, -0.2) is 81.1 Å². The maximum atomic E-state index is 13.8. The van der Waals surface area contributed by atoms with Crippen LogP contribution in [0.4, 0.5) is 0 Å². The first-order valence-electron chi connectivity index (χ1n) is 11.4. The van der Waals surface area contributed by atoms with Crippen molar-refractivity contribution in [3.05, 3.63) is 24.3 Å². The van der Waals surface area contributed by atoms with Crippen molar-refractivity contribution in [1.82, 2.24) is 9.80 Å². The maximum Gasteiger partial charge on any atom is 0.311 e. The van der Waals surface area contributed by atoms with Crippen LogP contribution in [-0.2, 0) is 19.1 Å². The molecule has 0 bridgehead atoms. The number of hydrogen-bond donors (Lipinski definition) is 1. The number of aliphatic hydroxyl groups is 1. The summed E-state index contributed by atoms with van der Waals surface area (Å²) < 4.78 is 4.63. The molecule has 8 heteroatoms. The molecule has 0 saturated carbocycles. The Morgan fingerprint density at radius 2 is 2.06 bits per heavy atom. The zero-order valence-corrected chi connectivity index (χ0v) is 19.1. The second-order valence-corrected chi connectivity index (χ2v) is 10.2. The number of carbonyl (C=O) groups is 3. The molecule has 4 aliphatic heterocycles. The van der Waals surface area contributed by atoms with Gasteiger partial charge in [0.05, 0.1) is 35.8 Å². The van der Waals surface area contributed by atoms with Crippen LogP contribution >= 0.6 is 11.8 Å². The van der Waals surface area contributed by atoms with Crippen molar-refractivity contribution in [3.63, 3.8) is 0 Å². The van der Waals surface area contributed by atoms with E-state index in [-0.39, 0.29) is 29.6 Å². The predicted octanol–water partition coefficient (Wildman–Crippen LogP) is 1.76. The van der Waals surface area contributed by atoms with E-state index in [0.29, 0.717) is 32.5 Å². The lowest BCUT2D eigenvalue weighted by Gasteiger charge is -2.38. The van der Waals surface area contributed by atoms with E-state index in [0.717, 1.165) is 12.8 Å². The molecule has 0 aromatic carbocycles. The fraction of sp³-hybridized carbons (Fsp3) is 0.696. The molecule has 0 aromatic rings. The molecule has 4 rings (SSSR count). The average molecular weight is 449 g/mol. The third-order valence-corrected chi connectivity index (χ3v) is 8.74. The number of carbonyl (C=O) groups excluding carboxylic acids is 3. The van der Waals surface area contributed by atoms with E-state index in [1.54, 1.807) is 16.7 Å². The first kappa shape index (κ1) is 22.4. The Labute approximate surface area is 187 Å². The van der Waals surface area contributed by atoms with Gasteiger partial charge in [0, 0.05) is 18.3 Å². The van der Waals surface area contributed by atoms with Crippen molar-refractivity contribution in [2.75, 3.05) is 26.3 Å². The monoisotopic (exact) mass is 448 g/mol. The Balaban J connectivity index is 1.82. The number of amides is 2. The van der Waals surface area contributed by atoms with E-state index < -0.39 is 28.7 Å². The number of cyclic esters (lactones) is 1. The Morgan fingerprint density at radius 1 is 1.26 bits per heavy atom. The van der Waals surface area contributed by atoms with Gasteiger partial charge in [0.2, 0.25) is 11.8 Å². The van der Waals surface area contributed by atoms with E-state index in [9.17, 15) is 19.5 Å². The molecule has 4 aliphatic rings. The number of unbranched alkanes of at least 4 members (excludes halogenated alkanes) is 1. The van der Waals surface area contributed by atoms with Crippen LogP contribution in [0.2, 0.25) is 0 Å². The van der Waals surface area contributed by atoms with E-state index in [1.807, 2.05) is 36.1 Å². The second-order valence-electron chi connectivity index (χ2n) is 8.76. The van der Waals surface area contributed by atoms with Crippen molar-refractivity contribution >= 4 is 29.5 Å². The summed E-state index contributed by atoms with van der Waals surface area (Å²) in [6.45, 7) is 5.21. The summed E-state index contributed by atoms with van der Waals surface area (Å²) in [6.07, 6.45) is 11.1. The van der Waals surface area contributed by atoms with Gasteiger partial charge < -0.3 is 19.6 Å². The van der Waals surface area contributed by atoms with Gasteiger partial charge in [0.25, 0.3) is 0 Å². The summed E-state index contributed by atoms with van der Waals surface area (Å²) in [5.74, 6) is -1.96. The maximum absolute atomic E-state index is 13.8. The molecule has 2 fully saturated rings. The zero-order chi connectivity index (χ0) is 22.2. The van der Waals surface area contributed by atoms with Crippen molar-refractivity contribution in [3.8, 4) is 0 Å². The largest absolute Gasteiger partial charge is 0.465 e. The van der Waals surface area contributed by atoms with Gasteiger partial charge in [-0.25, -0.2) is 0 Å². The quantitative estimate of drug-likeness (QED) is 0.492. The number of hydrogen-bond acceptors (Lipinski definition) is 6. The Kier molecular flexibility index (Phi) is 6.49. The third kappa shape index (κ3) is 3.52. The number of ether oxygens (including phenoxy) is 1. The van der Waals surface area contributed by atoms with Gasteiger partial charge in [-0.05, 0) is 19.3 Å². The summed E-state index contributed by atoms with van der Waals surface area (Å²) >= 11 is 1.55. The minimum atomic E-state index is -0.833. The van der Waals surface area contributed by atoms with Crippen LogP contribution in [0.5, 0.6) is 0 Å². The summed E-state index contributed by atoms with van der Waals surface area (Å²) in [4.78, 5) is 44.1. The van der Waals surface area contributed by atoms with Gasteiger partial charge in [-0.1, -0.05) is 44.6 Å².